The molecule has 0 aliphatic heterocycles. The minimum Gasteiger partial charge on any atom is -0.479 e. The van der Waals surface area contributed by atoms with Crippen molar-refractivity contribution in [3.63, 3.8) is 0 Å². The molecule has 0 unspecified atom stereocenters. The van der Waals surface area contributed by atoms with E-state index in [1.54, 1.807) is 13.8 Å². The second-order valence-electron chi connectivity index (χ2n) is 2.88. The lowest BCUT2D eigenvalue weighted by atomic mass is 10.1. The average molecular weight is 207 g/mol. The van der Waals surface area contributed by atoms with Crippen LogP contribution in [0.25, 0.3) is 0 Å². The van der Waals surface area contributed by atoms with Gasteiger partial charge >= 0.3 is 5.97 Å². The van der Waals surface area contributed by atoms with Crippen molar-refractivity contribution in [2.75, 3.05) is 6.61 Å². The van der Waals surface area contributed by atoms with Crippen molar-refractivity contribution in [1.29, 1.82) is 5.26 Å². The van der Waals surface area contributed by atoms with Gasteiger partial charge < -0.3 is 9.84 Å². The summed E-state index contributed by atoms with van der Waals surface area (Å²) in [5.74, 6) is -1.16. The molecule has 78 valence electrons. The monoisotopic (exact) mass is 207 g/mol. The molecule has 0 bridgehead atoms. The molecule has 0 radical (unpaired) electrons. The second-order valence-corrected chi connectivity index (χ2v) is 2.88. The van der Waals surface area contributed by atoms with Crippen molar-refractivity contribution in [2.24, 2.45) is 0 Å². The molecule has 1 heterocycles. The fourth-order valence-electron chi connectivity index (χ4n) is 0.950. The molecule has 6 nitrogen and oxygen atoms in total. The van der Waals surface area contributed by atoms with E-state index in [1.807, 2.05) is 6.07 Å². The van der Waals surface area contributed by atoms with Crippen LogP contribution in [0.3, 0.4) is 0 Å². The number of nitrogens with zero attached hydrogens (tertiary/aromatic N) is 3. The molecule has 1 aromatic heterocycles. The van der Waals surface area contributed by atoms with Crippen LogP contribution >= 0.6 is 0 Å². The van der Waals surface area contributed by atoms with Gasteiger partial charge in [-0.15, -0.1) is 5.10 Å². The summed E-state index contributed by atoms with van der Waals surface area (Å²) in [6, 6.07) is 1.91. The van der Waals surface area contributed by atoms with Gasteiger partial charge in [-0.2, -0.15) is 10.4 Å². The Morgan fingerprint density at radius 2 is 2.20 bits per heavy atom. The van der Waals surface area contributed by atoms with E-state index in [2.05, 4.69) is 10.2 Å². The van der Waals surface area contributed by atoms with Crippen molar-refractivity contribution in [1.82, 2.24) is 10.2 Å². The highest BCUT2D eigenvalue weighted by Gasteiger charge is 2.12. The molecule has 0 aliphatic carbocycles. The summed E-state index contributed by atoms with van der Waals surface area (Å²) in [7, 11) is 0. The highest BCUT2D eigenvalue weighted by atomic mass is 16.5. The molecule has 1 aromatic rings. The van der Waals surface area contributed by atoms with Crippen molar-refractivity contribution >= 4 is 5.97 Å². The van der Waals surface area contributed by atoms with E-state index in [-0.39, 0.29) is 11.4 Å². The minimum absolute atomic E-state index is 0.0389. The topological polar surface area (TPSA) is 96.1 Å². The first kappa shape index (κ1) is 10.9. The van der Waals surface area contributed by atoms with Crippen molar-refractivity contribution < 1.29 is 14.6 Å². The lowest BCUT2D eigenvalue weighted by Gasteiger charge is -2.06. The number of carboxylic acids is 1. The van der Waals surface area contributed by atoms with Gasteiger partial charge in [0.05, 0.1) is 5.69 Å². The summed E-state index contributed by atoms with van der Waals surface area (Å²) in [5, 5.41) is 24.6. The Kier molecular flexibility index (Phi) is 3.18. The maximum absolute atomic E-state index is 10.3. The Labute approximate surface area is 86.1 Å². The van der Waals surface area contributed by atoms with E-state index < -0.39 is 12.6 Å². The molecule has 6 heteroatoms. The first-order valence-corrected chi connectivity index (χ1v) is 4.14. The Morgan fingerprint density at radius 3 is 2.73 bits per heavy atom. The van der Waals surface area contributed by atoms with E-state index in [0.717, 1.165) is 0 Å². The largest absolute Gasteiger partial charge is 0.479 e. The molecule has 0 saturated heterocycles. The number of rotatable bonds is 3. The third kappa shape index (κ3) is 2.40. The normalized spacial score (nSPS) is 9.40. The molecule has 0 aliphatic rings. The maximum Gasteiger partial charge on any atom is 0.341 e. The zero-order chi connectivity index (χ0) is 11.4. The molecule has 0 saturated carbocycles. The molecule has 0 aromatic carbocycles. The van der Waals surface area contributed by atoms with Crippen LogP contribution < -0.4 is 4.74 Å². The van der Waals surface area contributed by atoms with Gasteiger partial charge in [-0.3, -0.25) is 0 Å². The van der Waals surface area contributed by atoms with Crippen LogP contribution in [0.4, 0.5) is 0 Å². The number of hydrogen-bond donors (Lipinski definition) is 1. The molecule has 0 amide bonds. The van der Waals surface area contributed by atoms with Crippen LogP contribution in [0.1, 0.15) is 16.8 Å². The molecular weight excluding hydrogens is 198 g/mol. The smallest absolute Gasteiger partial charge is 0.341 e. The second kappa shape index (κ2) is 4.37. The first-order valence-electron chi connectivity index (χ1n) is 4.14. The van der Waals surface area contributed by atoms with E-state index in [9.17, 15) is 4.79 Å². The number of carboxylic acid groups (broad SMARTS) is 1. The number of aliphatic carboxylic acids is 1. The van der Waals surface area contributed by atoms with Crippen LogP contribution in [-0.2, 0) is 4.79 Å². The summed E-state index contributed by atoms with van der Waals surface area (Å²) in [6.45, 7) is 2.88. The zero-order valence-electron chi connectivity index (χ0n) is 8.31. The summed E-state index contributed by atoms with van der Waals surface area (Å²) >= 11 is 0. The van der Waals surface area contributed by atoms with Gasteiger partial charge in [-0.05, 0) is 19.4 Å². The standard InChI is InChI=1S/C9H9N3O3/c1-5-6(2)11-12-9(7(5)3-10)15-4-8(13)14/h4H2,1-2H3,(H,13,14). The van der Waals surface area contributed by atoms with Crippen LogP contribution in [-0.4, -0.2) is 27.9 Å². The van der Waals surface area contributed by atoms with E-state index in [0.29, 0.717) is 11.3 Å². The summed E-state index contributed by atoms with van der Waals surface area (Å²) in [6.07, 6.45) is 0. The van der Waals surface area contributed by atoms with Gasteiger partial charge in [-0.25, -0.2) is 4.79 Å². The molecule has 1 rings (SSSR count). The van der Waals surface area contributed by atoms with Crippen molar-refractivity contribution in [2.45, 2.75) is 13.8 Å². The van der Waals surface area contributed by atoms with E-state index in [4.69, 9.17) is 15.1 Å². The van der Waals surface area contributed by atoms with Crippen molar-refractivity contribution in [3.8, 4) is 11.9 Å². The van der Waals surface area contributed by atoms with Crippen LogP contribution in [0.5, 0.6) is 5.88 Å². The third-order valence-corrected chi connectivity index (χ3v) is 1.87. The number of aryl methyl sites for hydroxylation is 1. The fourth-order valence-corrected chi connectivity index (χ4v) is 0.950. The summed E-state index contributed by atoms with van der Waals surface area (Å²) in [5.41, 5.74) is 1.49. The van der Waals surface area contributed by atoms with E-state index in [1.165, 1.54) is 0 Å². The third-order valence-electron chi connectivity index (χ3n) is 1.87. The van der Waals surface area contributed by atoms with Crippen LogP contribution in [0.15, 0.2) is 0 Å². The number of nitriles is 1. The molecule has 15 heavy (non-hydrogen) atoms. The minimum atomic E-state index is -1.13. The van der Waals surface area contributed by atoms with Gasteiger partial charge in [0, 0.05) is 0 Å². The van der Waals surface area contributed by atoms with Crippen LogP contribution in [0, 0.1) is 25.2 Å². The Balaban J connectivity index is 3.04. The lowest BCUT2D eigenvalue weighted by Crippen LogP contribution is -2.12. The van der Waals surface area contributed by atoms with Crippen LogP contribution in [0.2, 0.25) is 0 Å². The zero-order valence-corrected chi connectivity index (χ0v) is 8.31. The molecule has 0 spiro atoms. The number of hydrogen-bond acceptors (Lipinski definition) is 5. The predicted molar refractivity (Wildman–Crippen MR) is 49.4 cm³/mol. The SMILES string of the molecule is Cc1nnc(OCC(=O)O)c(C#N)c1C. The van der Waals surface area contributed by atoms with E-state index >= 15 is 0 Å². The van der Waals surface area contributed by atoms with Gasteiger partial charge in [0.1, 0.15) is 11.6 Å². The highest BCUT2D eigenvalue weighted by Crippen LogP contribution is 2.18. The molecule has 0 atom stereocenters. The van der Waals surface area contributed by atoms with Gasteiger partial charge in [0.15, 0.2) is 6.61 Å². The number of aromatic nitrogens is 2. The lowest BCUT2D eigenvalue weighted by molar-refractivity contribution is -0.139. The quantitative estimate of drug-likeness (QED) is 0.771. The van der Waals surface area contributed by atoms with Gasteiger partial charge in [0.2, 0.25) is 0 Å². The molecule has 1 N–H and O–H groups in total. The fraction of sp³-hybridized carbons (Fsp3) is 0.333. The predicted octanol–water partition coefficient (Wildman–Crippen LogP) is 0.429. The molecular formula is C9H9N3O3. The molecule has 0 fully saturated rings. The first-order chi connectivity index (χ1) is 7.06. The Morgan fingerprint density at radius 1 is 1.53 bits per heavy atom. The van der Waals surface area contributed by atoms with Gasteiger partial charge in [-0.1, -0.05) is 0 Å². The average Bonchev–Trinajstić information content (AvgIpc) is 2.19. The Bertz CT molecular complexity index is 437. The maximum atomic E-state index is 10.3. The Hall–Kier alpha value is -2.16. The van der Waals surface area contributed by atoms with Crippen molar-refractivity contribution in [3.05, 3.63) is 16.8 Å². The highest BCUT2D eigenvalue weighted by molar-refractivity contribution is 5.68. The summed E-state index contributed by atoms with van der Waals surface area (Å²) < 4.78 is 4.83. The number of carbonyl (C=O) groups is 1. The summed E-state index contributed by atoms with van der Waals surface area (Å²) in [4.78, 5) is 10.3. The van der Waals surface area contributed by atoms with Gasteiger partial charge in [0.25, 0.3) is 5.88 Å². The number of ether oxygens (including phenoxy) is 1.